The van der Waals surface area contributed by atoms with Crippen LogP contribution in [0.3, 0.4) is 0 Å². The molecule has 0 aliphatic heterocycles. The van der Waals surface area contributed by atoms with Crippen molar-refractivity contribution in [2.75, 3.05) is 7.05 Å². The quantitative estimate of drug-likeness (QED) is 0.895. The minimum atomic E-state index is -0.370. The normalized spacial score (nSPS) is 12.6. The first-order valence-electron chi connectivity index (χ1n) is 6.26. The summed E-state index contributed by atoms with van der Waals surface area (Å²) in [5.41, 5.74) is 6.84. The van der Waals surface area contributed by atoms with E-state index in [4.69, 9.17) is 5.73 Å². The average Bonchev–Trinajstić information content (AvgIpc) is 2.86. The number of halogens is 1. The van der Waals surface area contributed by atoms with E-state index in [0.29, 0.717) is 12.2 Å². The fourth-order valence-electron chi connectivity index (χ4n) is 1.84. The van der Waals surface area contributed by atoms with Crippen LogP contribution in [0.5, 0.6) is 0 Å². The summed E-state index contributed by atoms with van der Waals surface area (Å²) in [5.74, 6) is -0.677. The lowest BCUT2D eigenvalue weighted by atomic mass is 10.2. The molecule has 1 unspecified atom stereocenters. The van der Waals surface area contributed by atoms with Gasteiger partial charge in [0.2, 0.25) is 5.91 Å². The van der Waals surface area contributed by atoms with Gasteiger partial charge in [-0.15, -0.1) is 0 Å². The van der Waals surface area contributed by atoms with Crippen molar-refractivity contribution < 1.29 is 9.18 Å². The molecule has 1 aromatic heterocycles. The lowest BCUT2D eigenvalue weighted by molar-refractivity contribution is -0.122. The Balaban J connectivity index is 2.11. The molecule has 6 heteroatoms. The molecule has 0 fully saturated rings. The summed E-state index contributed by atoms with van der Waals surface area (Å²) in [7, 11) is 1.81. The number of likely N-dealkylation sites (N-methyl/N-ethyl adjacent to an activating group) is 1. The Labute approximate surface area is 116 Å². The molecule has 0 spiro atoms. The number of aromatic nitrogens is 2. The minimum Gasteiger partial charge on any atom is -0.368 e. The molecule has 0 saturated carbocycles. The second-order valence-electron chi connectivity index (χ2n) is 4.77. The van der Waals surface area contributed by atoms with E-state index in [1.807, 2.05) is 11.9 Å². The van der Waals surface area contributed by atoms with Crippen LogP contribution in [0.15, 0.2) is 36.7 Å². The first-order valence-corrected chi connectivity index (χ1v) is 6.26. The molecule has 1 heterocycles. The van der Waals surface area contributed by atoms with Gasteiger partial charge in [0.15, 0.2) is 0 Å². The third-order valence-electron chi connectivity index (χ3n) is 3.21. The third-order valence-corrected chi connectivity index (χ3v) is 3.21. The zero-order valence-electron chi connectivity index (χ0n) is 11.5. The van der Waals surface area contributed by atoms with Gasteiger partial charge >= 0.3 is 0 Å². The largest absolute Gasteiger partial charge is 0.368 e. The lowest BCUT2D eigenvalue weighted by Gasteiger charge is -2.20. The fraction of sp³-hybridized carbons (Fsp3) is 0.286. The van der Waals surface area contributed by atoms with Crippen molar-refractivity contribution in [2.45, 2.75) is 19.5 Å². The molecular weight excluding hydrogens is 259 g/mol. The molecule has 1 aromatic carbocycles. The van der Waals surface area contributed by atoms with Crippen molar-refractivity contribution in [1.29, 1.82) is 0 Å². The van der Waals surface area contributed by atoms with Crippen molar-refractivity contribution in [2.24, 2.45) is 5.73 Å². The fourth-order valence-corrected chi connectivity index (χ4v) is 1.84. The van der Waals surface area contributed by atoms with Crippen LogP contribution in [0.1, 0.15) is 12.5 Å². The molecule has 0 bridgehead atoms. The van der Waals surface area contributed by atoms with E-state index in [2.05, 4.69) is 5.10 Å². The Hall–Kier alpha value is -2.21. The van der Waals surface area contributed by atoms with Gasteiger partial charge in [0.05, 0.1) is 17.9 Å². The molecule has 20 heavy (non-hydrogen) atoms. The van der Waals surface area contributed by atoms with Crippen molar-refractivity contribution in [1.82, 2.24) is 14.7 Å². The molecule has 2 aromatic rings. The van der Waals surface area contributed by atoms with E-state index >= 15 is 0 Å². The zero-order valence-corrected chi connectivity index (χ0v) is 11.5. The van der Waals surface area contributed by atoms with Gasteiger partial charge in [-0.2, -0.15) is 5.10 Å². The number of hydrogen-bond acceptors (Lipinski definition) is 3. The van der Waals surface area contributed by atoms with Gasteiger partial charge in [-0.05, 0) is 32.2 Å². The van der Waals surface area contributed by atoms with Gasteiger partial charge in [-0.3, -0.25) is 9.69 Å². The summed E-state index contributed by atoms with van der Waals surface area (Å²) in [6, 6.07) is 5.85. The summed E-state index contributed by atoms with van der Waals surface area (Å²) in [4.78, 5) is 12.9. The van der Waals surface area contributed by atoms with Crippen LogP contribution in [0.2, 0.25) is 0 Å². The zero-order chi connectivity index (χ0) is 14.7. The van der Waals surface area contributed by atoms with E-state index in [0.717, 1.165) is 5.56 Å². The second-order valence-corrected chi connectivity index (χ2v) is 4.77. The summed E-state index contributed by atoms with van der Waals surface area (Å²) in [5, 5.41) is 4.19. The van der Waals surface area contributed by atoms with E-state index < -0.39 is 0 Å². The number of amides is 1. The Morgan fingerprint density at radius 3 is 2.95 bits per heavy atom. The van der Waals surface area contributed by atoms with Crippen LogP contribution in [0.4, 0.5) is 4.39 Å². The van der Waals surface area contributed by atoms with Gasteiger partial charge in [0.25, 0.3) is 0 Å². The molecule has 106 valence electrons. The van der Waals surface area contributed by atoms with Crippen molar-refractivity contribution in [3.05, 3.63) is 48.0 Å². The van der Waals surface area contributed by atoms with Gasteiger partial charge < -0.3 is 5.73 Å². The Morgan fingerprint density at radius 1 is 1.55 bits per heavy atom. The van der Waals surface area contributed by atoms with Crippen LogP contribution < -0.4 is 5.73 Å². The smallest absolute Gasteiger partial charge is 0.234 e. The van der Waals surface area contributed by atoms with E-state index in [-0.39, 0.29) is 17.8 Å². The molecule has 0 saturated heterocycles. The number of benzene rings is 1. The summed E-state index contributed by atoms with van der Waals surface area (Å²) in [6.45, 7) is 2.29. The van der Waals surface area contributed by atoms with E-state index in [9.17, 15) is 9.18 Å². The highest BCUT2D eigenvalue weighted by Crippen LogP contribution is 2.11. The molecule has 0 radical (unpaired) electrons. The highest BCUT2D eigenvalue weighted by molar-refractivity contribution is 5.79. The number of carbonyl (C=O) groups excluding carboxylic acids is 1. The van der Waals surface area contributed by atoms with Crippen LogP contribution >= 0.6 is 0 Å². The molecule has 2 rings (SSSR count). The first-order chi connectivity index (χ1) is 9.47. The molecule has 1 atom stereocenters. The number of nitrogens with two attached hydrogens (primary N) is 1. The van der Waals surface area contributed by atoms with Gasteiger partial charge in [-0.25, -0.2) is 9.07 Å². The second kappa shape index (κ2) is 5.83. The predicted octanol–water partition coefficient (Wildman–Crippen LogP) is 1.32. The Morgan fingerprint density at radius 2 is 2.30 bits per heavy atom. The highest BCUT2D eigenvalue weighted by atomic mass is 19.1. The Bertz CT molecular complexity index is 611. The predicted molar refractivity (Wildman–Crippen MR) is 73.6 cm³/mol. The van der Waals surface area contributed by atoms with Crippen molar-refractivity contribution >= 4 is 5.91 Å². The SMILES string of the molecule is CC(C(N)=O)N(C)Cc1cnn(-c2cccc(F)c2)c1. The number of rotatable bonds is 5. The maximum atomic E-state index is 13.2. The monoisotopic (exact) mass is 276 g/mol. The molecule has 2 N–H and O–H groups in total. The standard InChI is InChI=1S/C14H17FN4O/c1-10(14(16)20)18(2)8-11-7-17-19(9-11)13-5-3-4-12(15)6-13/h3-7,9-10H,8H2,1-2H3,(H2,16,20). The third kappa shape index (κ3) is 3.21. The van der Waals surface area contributed by atoms with Crippen molar-refractivity contribution in [3.63, 3.8) is 0 Å². The summed E-state index contributed by atoms with van der Waals surface area (Å²) >= 11 is 0. The van der Waals surface area contributed by atoms with Gasteiger partial charge in [-0.1, -0.05) is 6.07 Å². The van der Waals surface area contributed by atoms with Gasteiger partial charge in [0.1, 0.15) is 5.82 Å². The van der Waals surface area contributed by atoms with Crippen LogP contribution in [-0.2, 0) is 11.3 Å². The summed E-state index contributed by atoms with van der Waals surface area (Å²) < 4.78 is 14.8. The van der Waals surface area contributed by atoms with Crippen LogP contribution in [0, 0.1) is 5.82 Å². The van der Waals surface area contributed by atoms with Crippen LogP contribution in [-0.4, -0.2) is 33.7 Å². The average molecular weight is 276 g/mol. The summed E-state index contributed by atoms with van der Waals surface area (Å²) in [6.07, 6.45) is 3.49. The number of hydrogen-bond donors (Lipinski definition) is 1. The molecule has 0 aliphatic carbocycles. The minimum absolute atomic E-state index is 0.306. The first kappa shape index (κ1) is 14.2. The van der Waals surface area contributed by atoms with E-state index in [1.165, 1.54) is 12.1 Å². The lowest BCUT2D eigenvalue weighted by Crippen LogP contribution is -2.39. The number of nitrogens with zero attached hydrogens (tertiary/aromatic N) is 3. The maximum absolute atomic E-state index is 13.2. The van der Waals surface area contributed by atoms with Gasteiger partial charge in [0, 0.05) is 18.3 Å². The Kier molecular flexibility index (Phi) is 4.14. The molecule has 5 nitrogen and oxygen atoms in total. The number of carbonyl (C=O) groups is 1. The van der Waals surface area contributed by atoms with Crippen LogP contribution in [0.25, 0.3) is 5.69 Å². The number of primary amides is 1. The molecule has 0 aliphatic rings. The highest BCUT2D eigenvalue weighted by Gasteiger charge is 2.15. The molecular formula is C14H17FN4O. The van der Waals surface area contributed by atoms with Crippen molar-refractivity contribution in [3.8, 4) is 5.69 Å². The maximum Gasteiger partial charge on any atom is 0.234 e. The molecule has 1 amide bonds. The van der Waals surface area contributed by atoms with E-state index in [1.54, 1.807) is 36.1 Å². The topological polar surface area (TPSA) is 64.2 Å².